The Morgan fingerprint density at radius 3 is 2.59 bits per heavy atom. The number of amides is 1. The maximum atomic E-state index is 10.7. The van der Waals surface area contributed by atoms with Crippen LogP contribution in [0.1, 0.15) is 24.2 Å². The van der Waals surface area contributed by atoms with E-state index in [1.54, 1.807) is 18.2 Å². The summed E-state index contributed by atoms with van der Waals surface area (Å²) in [5.74, 6) is -0.250. The molecule has 1 aromatic rings. The molecule has 5 N–H and O–H groups in total. The third-order valence-corrected chi connectivity index (χ3v) is 2.39. The number of aliphatic hydroxyl groups excluding tert-OH is 2. The number of aryl methyl sites for hydroxylation is 1. The molecule has 0 aliphatic carbocycles. The lowest BCUT2D eigenvalue weighted by molar-refractivity contribution is -0.119. The molecule has 0 aliphatic rings. The number of anilines is 1. The van der Waals surface area contributed by atoms with Crippen LogP contribution in [0.5, 0.6) is 0 Å². The summed E-state index contributed by atoms with van der Waals surface area (Å²) < 4.78 is 0. The van der Waals surface area contributed by atoms with E-state index in [-0.39, 0.29) is 12.5 Å². The number of nitrogens with one attached hydrogen (secondary N) is 1. The maximum Gasteiger partial charge on any atom is 0.216 e. The highest BCUT2D eigenvalue weighted by Crippen LogP contribution is 2.21. The second-order valence-corrected chi connectivity index (χ2v) is 4.13. The summed E-state index contributed by atoms with van der Waals surface area (Å²) in [6.45, 7) is 3.21. The Hall–Kier alpha value is -1.59. The van der Waals surface area contributed by atoms with E-state index in [2.05, 4.69) is 5.32 Å². The van der Waals surface area contributed by atoms with Crippen molar-refractivity contribution in [3.8, 4) is 0 Å². The number of hydrogen-bond acceptors (Lipinski definition) is 4. The molecule has 1 aromatic carbocycles. The molecule has 5 nitrogen and oxygen atoms in total. The van der Waals surface area contributed by atoms with Gasteiger partial charge in [-0.25, -0.2) is 0 Å². The van der Waals surface area contributed by atoms with E-state index in [1.807, 2.05) is 6.92 Å². The van der Waals surface area contributed by atoms with Gasteiger partial charge in [-0.2, -0.15) is 0 Å². The van der Waals surface area contributed by atoms with Gasteiger partial charge in [0.05, 0.1) is 0 Å². The molecule has 0 spiro atoms. The monoisotopic (exact) mass is 238 g/mol. The van der Waals surface area contributed by atoms with Crippen molar-refractivity contribution < 1.29 is 15.0 Å². The van der Waals surface area contributed by atoms with Crippen LogP contribution < -0.4 is 11.1 Å². The molecule has 1 amide bonds. The third-order valence-electron chi connectivity index (χ3n) is 2.39. The number of carbonyl (C=O) groups excluding carboxylic acids is 1. The quantitative estimate of drug-likeness (QED) is 0.560. The largest absolute Gasteiger partial charge is 0.399 e. The van der Waals surface area contributed by atoms with Crippen LogP contribution in [0.25, 0.3) is 0 Å². The molecule has 0 aliphatic heterocycles. The summed E-state index contributed by atoms with van der Waals surface area (Å²) in [4.78, 5) is 10.7. The van der Waals surface area contributed by atoms with Gasteiger partial charge in [-0.15, -0.1) is 0 Å². The molecule has 1 rings (SSSR count). The summed E-state index contributed by atoms with van der Waals surface area (Å²) in [5.41, 5.74) is 7.64. The van der Waals surface area contributed by atoms with Crippen molar-refractivity contribution in [2.75, 3.05) is 12.3 Å². The summed E-state index contributed by atoms with van der Waals surface area (Å²) in [6, 6.07) is 5.13. The van der Waals surface area contributed by atoms with Crippen molar-refractivity contribution in [2.24, 2.45) is 0 Å². The zero-order chi connectivity index (χ0) is 13.0. The van der Waals surface area contributed by atoms with E-state index in [4.69, 9.17) is 5.73 Å². The van der Waals surface area contributed by atoms with Crippen LogP contribution in [-0.4, -0.2) is 28.8 Å². The number of benzene rings is 1. The van der Waals surface area contributed by atoms with Gasteiger partial charge in [0.1, 0.15) is 12.2 Å². The molecule has 0 bridgehead atoms. The fraction of sp³-hybridized carbons (Fsp3) is 0.417. The van der Waals surface area contributed by atoms with Crippen LogP contribution >= 0.6 is 0 Å². The molecule has 0 aromatic heterocycles. The first-order valence-electron chi connectivity index (χ1n) is 5.38. The van der Waals surface area contributed by atoms with E-state index in [0.29, 0.717) is 11.3 Å². The third kappa shape index (κ3) is 4.05. The number of nitrogens with two attached hydrogens (primary N) is 1. The first kappa shape index (κ1) is 13.5. The molecule has 2 atom stereocenters. The molecule has 17 heavy (non-hydrogen) atoms. The van der Waals surface area contributed by atoms with Gasteiger partial charge in [-0.05, 0) is 30.2 Å². The highest BCUT2D eigenvalue weighted by Gasteiger charge is 2.19. The highest BCUT2D eigenvalue weighted by atomic mass is 16.3. The maximum absolute atomic E-state index is 10.7. The molecule has 0 fully saturated rings. The van der Waals surface area contributed by atoms with Crippen LogP contribution in [0.3, 0.4) is 0 Å². The standard InChI is InChI=1S/C12H18N2O3/c1-7-3-9(5-10(13)4-7)12(17)11(16)6-14-8(2)15/h3-5,11-12,16-17H,6,13H2,1-2H3,(H,14,15). The van der Waals surface area contributed by atoms with Gasteiger partial charge < -0.3 is 21.3 Å². The number of hydrogen-bond donors (Lipinski definition) is 4. The molecule has 0 saturated heterocycles. The highest BCUT2D eigenvalue weighted by molar-refractivity contribution is 5.72. The Labute approximate surface area is 100 Å². The fourth-order valence-corrected chi connectivity index (χ4v) is 1.60. The molecule has 2 unspecified atom stereocenters. The average Bonchev–Trinajstić information content (AvgIpc) is 2.23. The summed E-state index contributed by atoms with van der Waals surface area (Å²) in [5, 5.41) is 22.0. The smallest absolute Gasteiger partial charge is 0.216 e. The lowest BCUT2D eigenvalue weighted by Gasteiger charge is -2.19. The Morgan fingerprint density at radius 2 is 2.06 bits per heavy atom. The minimum Gasteiger partial charge on any atom is -0.399 e. The molecule has 5 heteroatoms. The normalized spacial score (nSPS) is 14.1. The average molecular weight is 238 g/mol. The van der Waals surface area contributed by atoms with Crippen molar-refractivity contribution in [2.45, 2.75) is 26.1 Å². The van der Waals surface area contributed by atoms with Crippen molar-refractivity contribution in [3.05, 3.63) is 29.3 Å². The zero-order valence-corrected chi connectivity index (χ0v) is 9.97. The van der Waals surface area contributed by atoms with E-state index in [1.165, 1.54) is 6.92 Å². The second-order valence-electron chi connectivity index (χ2n) is 4.13. The zero-order valence-electron chi connectivity index (χ0n) is 9.97. The van der Waals surface area contributed by atoms with Gasteiger partial charge in [0.25, 0.3) is 0 Å². The summed E-state index contributed by atoms with van der Waals surface area (Å²) in [7, 11) is 0. The number of rotatable bonds is 4. The summed E-state index contributed by atoms with van der Waals surface area (Å²) >= 11 is 0. The summed E-state index contributed by atoms with van der Waals surface area (Å²) in [6.07, 6.45) is -2.12. The first-order valence-corrected chi connectivity index (χ1v) is 5.38. The van der Waals surface area contributed by atoms with E-state index in [9.17, 15) is 15.0 Å². The van der Waals surface area contributed by atoms with Crippen molar-refractivity contribution in [3.63, 3.8) is 0 Å². The molecular weight excluding hydrogens is 220 g/mol. The predicted molar refractivity (Wildman–Crippen MR) is 65.2 cm³/mol. The Bertz CT molecular complexity index is 386. The Morgan fingerprint density at radius 1 is 1.41 bits per heavy atom. The van der Waals surface area contributed by atoms with E-state index in [0.717, 1.165) is 5.56 Å². The van der Waals surface area contributed by atoms with Crippen LogP contribution in [0.4, 0.5) is 5.69 Å². The van der Waals surface area contributed by atoms with Gasteiger partial charge in [0, 0.05) is 19.2 Å². The fourth-order valence-electron chi connectivity index (χ4n) is 1.60. The number of nitrogen functional groups attached to an aromatic ring is 1. The minimum absolute atomic E-state index is 0.00431. The SMILES string of the molecule is CC(=O)NCC(O)C(O)c1cc(C)cc(N)c1. The van der Waals surface area contributed by atoms with Crippen molar-refractivity contribution in [1.82, 2.24) is 5.32 Å². The number of carbonyl (C=O) groups is 1. The van der Waals surface area contributed by atoms with Gasteiger partial charge in [0.2, 0.25) is 5.91 Å². The van der Waals surface area contributed by atoms with Gasteiger partial charge >= 0.3 is 0 Å². The van der Waals surface area contributed by atoms with Crippen LogP contribution in [0, 0.1) is 6.92 Å². The van der Waals surface area contributed by atoms with E-state index >= 15 is 0 Å². The lowest BCUT2D eigenvalue weighted by Crippen LogP contribution is -2.34. The first-order chi connectivity index (χ1) is 7.90. The second kappa shape index (κ2) is 5.65. The van der Waals surface area contributed by atoms with Crippen LogP contribution in [0.2, 0.25) is 0 Å². The van der Waals surface area contributed by atoms with Crippen molar-refractivity contribution >= 4 is 11.6 Å². The van der Waals surface area contributed by atoms with Crippen LogP contribution in [-0.2, 0) is 4.79 Å². The van der Waals surface area contributed by atoms with E-state index < -0.39 is 12.2 Å². The van der Waals surface area contributed by atoms with Gasteiger partial charge in [0.15, 0.2) is 0 Å². The molecule has 0 radical (unpaired) electrons. The molecular formula is C12H18N2O3. The lowest BCUT2D eigenvalue weighted by atomic mass is 10.0. The number of aliphatic hydroxyl groups is 2. The van der Waals surface area contributed by atoms with Gasteiger partial charge in [-0.3, -0.25) is 4.79 Å². The minimum atomic E-state index is -1.07. The molecule has 94 valence electrons. The molecule has 0 heterocycles. The topological polar surface area (TPSA) is 95.6 Å². The van der Waals surface area contributed by atoms with Crippen molar-refractivity contribution in [1.29, 1.82) is 0 Å². The Kier molecular flexibility index (Phi) is 4.48. The predicted octanol–water partition coefficient (Wildman–Crippen LogP) is 0.108. The van der Waals surface area contributed by atoms with Crippen LogP contribution in [0.15, 0.2) is 18.2 Å². The van der Waals surface area contributed by atoms with Gasteiger partial charge in [-0.1, -0.05) is 6.07 Å². The Balaban J connectivity index is 2.73. The molecule has 0 saturated carbocycles.